The van der Waals surface area contributed by atoms with Gasteiger partial charge in [-0.1, -0.05) is 47.1 Å². The number of esters is 3. The average molecular weight is 555 g/mol. The molecule has 0 amide bonds. The lowest BCUT2D eigenvalue weighted by Crippen LogP contribution is -2.59. The van der Waals surface area contributed by atoms with Gasteiger partial charge in [0.1, 0.15) is 0 Å². The van der Waals surface area contributed by atoms with Crippen molar-refractivity contribution < 1.29 is 37.8 Å². The minimum absolute atomic E-state index is 0.0253. The molecule has 8 nitrogen and oxygen atoms in total. The zero-order valence-electron chi connectivity index (χ0n) is 25.2. The number of hydrogen-bond acceptors (Lipinski definition) is 8. The number of hydrogen-bond donors (Lipinski definition) is 0. The van der Waals surface area contributed by atoms with Crippen LogP contribution in [0.25, 0.3) is 0 Å². The van der Waals surface area contributed by atoms with Gasteiger partial charge in [-0.3, -0.25) is 14.4 Å². The first-order chi connectivity index (χ1) is 17.8. The van der Waals surface area contributed by atoms with Crippen molar-refractivity contribution in [2.45, 2.75) is 117 Å². The number of rotatable bonds is 13. The lowest BCUT2D eigenvalue weighted by molar-refractivity contribution is -0.191. The maximum absolute atomic E-state index is 13.7. The molecule has 0 aromatic heterocycles. The average Bonchev–Trinajstić information content (AvgIpc) is 3.18. The minimum atomic E-state index is -2.50. The molecule has 0 spiro atoms. The van der Waals surface area contributed by atoms with Gasteiger partial charge in [-0.15, -0.1) is 0 Å². The van der Waals surface area contributed by atoms with Gasteiger partial charge in [0.25, 0.3) is 0 Å². The zero-order valence-corrected chi connectivity index (χ0v) is 26.2. The molecular weight excluding hydrogens is 504 g/mol. The van der Waals surface area contributed by atoms with Crippen molar-refractivity contribution in [1.82, 2.24) is 0 Å². The fourth-order valence-electron chi connectivity index (χ4n) is 7.24. The Hall–Kier alpha value is -1.71. The molecule has 0 bridgehead atoms. The molecule has 1 fully saturated rings. The summed E-state index contributed by atoms with van der Waals surface area (Å²) in [6, 6.07) is 0. The highest BCUT2D eigenvalue weighted by molar-refractivity contribution is 6.77. The second-order valence-corrected chi connectivity index (χ2v) is 16.8. The van der Waals surface area contributed by atoms with Gasteiger partial charge in [0.05, 0.1) is 26.7 Å². The lowest BCUT2D eigenvalue weighted by atomic mass is 9.68. The van der Waals surface area contributed by atoms with Gasteiger partial charge in [-0.25, -0.2) is 0 Å². The van der Waals surface area contributed by atoms with Crippen LogP contribution in [0.1, 0.15) is 94.4 Å². The molecule has 0 aliphatic heterocycles. The van der Waals surface area contributed by atoms with Crippen LogP contribution in [0.3, 0.4) is 0 Å². The van der Waals surface area contributed by atoms with Crippen LogP contribution in [0, 0.1) is 11.3 Å². The largest absolute Gasteiger partial charge is 0.469 e. The molecule has 2 aliphatic carbocycles. The van der Waals surface area contributed by atoms with E-state index >= 15 is 0 Å². The number of carbonyl (C=O) groups excluding carboxylic acids is 3. The van der Waals surface area contributed by atoms with Crippen LogP contribution in [0.4, 0.5) is 0 Å². The Labute approximate surface area is 230 Å². The van der Waals surface area contributed by atoms with Gasteiger partial charge in [0.15, 0.2) is 11.2 Å². The van der Waals surface area contributed by atoms with Crippen LogP contribution in [0.15, 0.2) is 11.1 Å². The highest BCUT2D eigenvalue weighted by Crippen LogP contribution is 2.61. The normalized spacial score (nSPS) is 23.1. The van der Waals surface area contributed by atoms with Crippen molar-refractivity contribution >= 4 is 26.2 Å². The maximum Gasteiger partial charge on any atom is 0.324 e. The van der Waals surface area contributed by atoms with Crippen LogP contribution in [-0.4, -0.2) is 58.9 Å². The Morgan fingerprint density at radius 3 is 1.84 bits per heavy atom. The van der Waals surface area contributed by atoms with Crippen LogP contribution < -0.4 is 0 Å². The fourth-order valence-corrected chi connectivity index (χ4v) is 12.8. The molecule has 218 valence electrons. The Bertz CT molecular complexity index is 849. The fraction of sp³-hybridized carbons (Fsp3) is 0.828. The van der Waals surface area contributed by atoms with Crippen molar-refractivity contribution in [2.24, 2.45) is 11.3 Å². The van der Waals surface area contributed by atoms with Gasteiger partial charge in [0.2, 0.25) is 8.32 Å². The highest BCUT2D eigenvalue weighted by atomic mass is 28.4. The van der Waals surface area contributed by atoms with E-state index in [1.807, 2.05) is 6.92 Å². The van der Waals surface area contributed by atoms with E-state index in [-0.39, 0.29) is 42.7 Å². The molecule has 0 saturated heterocycles. The number of fused-ring (bicyclic) bond motifs is 1. The highest BCUT2D eigenvalue weighted by Gasteiger charge is 2.66. The van der Waals surface area contributed by atoms with Gasteiger partial charge >= 0.3 is 17.9 Å². The monoisotopic (exact) mass is 554 g/mol. The zero-order chi connectivity index (χ0) is 28.9. The first kappa shape index (κ1) is 32.5. The molecule has 2 rings (SSSR count). The molecule has 0 aromatic carbocycles. The van der Waals surface area contributed by atoms with Crippen molar-refractivity contribution in [3.05, 3.63) is 11.1 Å². The molecule has 38 heavy (non-hydrogen) atoms. The van der Waals surface area contributed by atoms with Crippen LogP contribution in [0.2, 0.25) is 16.6 Å². The summed E-state index contributed by atoms with van der Waals surface area (Å²) in [6.45, 7) is 19.3. The summed E-state index contributed by atoms with van der Waals surface area (Å²) in [5.74, 6) is -3.38. The van der Waals surface area contributed by atoms with E-state index in [0.29, 0.717) is 31.4 Å². The van der Waals surface area contributed by atoms with Crippen LogP contribution in [-0.2, 0) is 37.8 Å². The summed E-state index contributed by atoms with van der Waals surface area (Å²) < 4.78 is 30.1. The molecule has 2 atom stereocenters. The number of methoxy groups -OCH3 is 1. The number of ether oxygens (including phenoxy) is 4. The molecule has 0 aromatic rings. The first-order valence-corrected chi connectivity index (χ1v) is 16.5. The summed E-state index contributed by atoms with van der Waals surface area (Å²) in [5, 5.41) is 0. The minimum Gasteiger partial charge on any atom is -0.469 e. The van der Waals surface area contributed by atoms with Gasteiger partial charge in [-0.05, 0) is 62.2 Å². The van der Waals surface area contributed by atoms with Crippen LogP contribution in [0.5, 0.6) is 0 Å². The summed E-state index contributed by atoms with van der Waals surface area (Å²) >= 11 is 0. The molecule has 0 N–H and O–H groups in total. The van der Waals surface area contributed by atoms with E-state index in [1.54, 1.807) is 13.8 Å². The summed E-state index contributed by atoms with van der Waals surface area (Å²) in [7, 11) is -1.16. The summed E-state index contributed by atoms with van der Waals surface area (Å²) in [6.07, 6.45) is 1.81. The predicted octanol–water partition coefficient (Wildman–Crippen LogP) is 6.09. The topological polar surface area (TPSA) is 97.4 Å². The maximum atomic E-state index is 13.7. The van der Waals surface area contributed by atoms with Crippen molar-refractivity contribution in [1.29, 1.82) is 0 Å². The van der Waals surface area contributed by atoms with Gasteiger partial charge < -0.3 is 23.4 Å². The first-order valence-electron chi connectivity index (χ1n) is 14.3. The van der Waals surface area contributed by atoms with E-state index in [2.05, 4.69) is 41.5 Å². The second kappa shape index (κ2) is 13.1. The molecule has 1 saturated carbocycles. The third-order valence-electron chi connectivity index (χ3n) is 8.52. The lowest BCUT2D eigenvalue weighted by Gasteiger charge is -2.53. The molecular formula is C29H50O8Si. The van der Waals surface area contributed by atoms with Crippen molar-refractivity contribution in [3.8, 4) is 0 Å². The van der Waals surface area contributed by atoms with Crippen LogP contribution >= 0.6 is 0 Å². The molecule has 2 aliphatic rings. The Balaban J connectivity index is 2.88. The number of carbonyl (C=O) groups is 3. The molecule has 0 heterocycles. The van der Waals surface area contributed by atoms with Crippen molar-refractivity contribution in [3.63, 3.8) is 0 Å². The van der Waals surface area contributed by atoms with Gasteiger partial charge in [-0.2, -0.15) is 0 Å². The Morgan fingerprint density at radius 1 is 0.895 bits per heavy atom. The smallest absolute Gasteiger partial charge is 0.324 e. The predicted molar refractivity (Wildman–Crippen MR) is 148 cm³/mol. The molecule has 0 radical (unpaired) electrons. The third kappa shape index (κ3) is 5.61. The quantitative estimate of drug-likeness (QED) is 0.0674. The van der Waals surface area contributed by atoms with E-state index in [0.717, 1.165) is 5.57 Å². The SMILES string of the molecule is CCOC(=O)C1(C(=O)OCC)CC(CC(=O)OC)=C2C1CCCC2(OCC)O[Si](C(C)C)(C(C)C)C(C)C. The Morgan fingerprint density at radius 2 is 1.42 bits per heavy atom. The second-order valence-electron chi connectivity index (χ2n) is 11.4. The third-order valence-corrected chi connectivity index (χ3v) is 14.6. The van der Waals surface area contributed by atoms with Crippen molar-refractivity contribution in [2.75, 3.05) is 26.9 Å². The standard InChI is InChI=1S/C29H50O8Si/c1-11-34-26(31)28(27(32)35-12-2)18-22(17-24(30)33-10)25-23(28)15-14-16-29(25,36-13-3)37-38(19(4)5,20(6)7)21(8)9/h19-21,23H,11-18H2,1-10H3. The van der Waals surface area contributed by atoms with E-state index < -0.39 is 43.3 Å². The van der Waals surface area contributed by atoms with E-state index in [9.17, 15) is 14.4 Å². The summed E-state index contributed by atoms with van der Waals surface area (Å²) in [5.41, 5.74) is 0.670. The molecule has 2 unspecified atom stereocenters. The molecule has 9 heteroatoms. The van der Waals surface area contributed by atoms with E-state index in [4.69, 9.17) is 23.4 Å². The van der Waals surface area contributed by atoms with E-state index in [1.165, 1.54) is 7.11 Å². The summed E-state index contributed by atoms with van der Waals surface area (Å²) in [4.78, 5) is 40.0. The Kier molecular flexibility index (Phi) is 11.2. The van der Waals surface area contributed by atoms with Gasteiger partial charge in [0, 0.05) is 18.9 Å².